The van der Waals surface area contributed by atoms with Crippen molar-refractivity contribution < 1.29 is 4.74 Å². The van der Waals surface area contributed by atoms with Crippen LogP contribution in [0.4, 0.5) is 0 Å². The fourth-order valence-electron chi connectivity index (χ4n) is 2.05. The summed E-state index contributed by atoms with van der Waals surface area (Å²) in [5, 5.41) is 3.53. The fourth-order valence-corrected chi connectivity index (χ4v) is 2.05. The molecule has 0 unspecified atom stereocenters. The van der Waals surface area contributed by atoms with Crippen molar-refractivity contribution in [1.29, 1.82) is 0 Å². The molecular weight excluding hydrogens is 188 g/mol. The lowest BCUT2D eigenvalue weighted by molar-refractivity contribution is 0.0547. The lowest BCUT2D eigenvalue weighted by Crippen LogP contribution is -2.35. The highest BCUT2D eigenvalue weighted by molar-refractivity contribution is 4.66. The smallest absolute Gasteiger partial charge is 0.0506 e. The van der Waals surface area contributed by atoms with Gasteiger partial charge in [0.2, 0.25) is 0 Å². The molecule has 0 aliphatic carbocycles. The van der Waals surface area contributed by atoms with Gasteiger partial charge in [0.25, 0.3) is 0 Å². The first kappa shape index (κ1) is 12.9. The van der Waals surface area contributed by atoms with E-state index in [0.29, 0.717) is 0 Å². The summed E-state index contributed by atoms with van der Waals surface area (Å²) in [4.78, 5) is 2.45. The van der Waals surface area contributed by atoms with E-state index in [1.165, 1.54) is 19.4 Å². The van der Waals surface area contributed by atoms with Crippen LogP contribution in [0.5, 0.6) is 0 Å². The van der Waals surface area contributed by atoms with Crippen molar-refractivity contribution in [3.05, 3.63) is 0 Å². The second-order valence-corrected chi connectivity index (χ2v) is 4.31. The summed E-state index contributed by atoms with van der Waals surface area (Å²) in [5.74, 6) is 0.746. The van der Waals surface area contributed by atoms with E-state index in [0.717, 1.165) is 45.3 Å². The summed E-state index contributed by atoms with van der Waals surface area (Å²) in [6, 6.07) is 0. The predicted octanol–water partition coefficient (Wildman–Crippen LogP) is 1.34. The Bertz CT molecular complexity index is 143. The molecule has 1 rings (SSSR count). The van der Waals surface area contributed by atoms with Crippen LogP contribution >= 0.6 is 0 Å². The van der Waals surface area contributed by atoms with Gasteiger partial charge in [-0.1, -0.05) is 13.8 Å². The van der Waals surface area contributed by atoms with Gasteiger partial charge >= 0.3 is 0 Å². The molecule has 1 saturated heterocycles. The van der Waals surface area contributed by atoms with E-state index in [9.17, 15) is 0 Å². The first-order valence-electron chi connectivity index (χ1n) is 6.37. The average Bonchev–Trinajstić information content (AvgIpc) is 2.31. The highest BCUT2D eigenvalue weighted by Crippen LogP contribution is 2.11. The summed E-state index contributed by atoms with van der Waals surface area (Å²) in [6.45, 7) is 12.1. The van der Waals surface area contributed by atoms with Gasteiger partial charge in [0.15, 0.2) is 0 Å². The van der Waals surface area contributed by atoms with Crippen molar-refractivity contribution in [3.63, 3.8) is 0 Å². The van der Waals surface area contributed by atoms with Crippen LogP contribution in [0.15, 0.2) is 0 Å². The van der Waals surface area contributed by atoms with Crippen molar-refractivity contribution in [2.75, 3.05) is 45.9 Å². The molecule has 0 aromatic heterocycles. The molecule has 1 atom stereocenters. The Hall–Kier alpha value is -0.120. The van der Waals surface area contributed by atoms with Crippen LogP contribution in [0.3, 0.4) is 0 Å². The summed E-state index contributed by atoms with van der Waals surface area (Å²) >= 11 is 0. The molecule has 0 saturated carbocycles. The standard InChI is InChI=1S/C12H26N2O/c1-3-14(4-2)8-7-13-10-12-6-5-9-15-11-12/h12-13H,3-11H2,1-2H3/t12-/m1/s1. The number of rotatable bonds is 7. The number of nitrogens with one attached hydrogen (secondary N) is 1. The van der Waals surface area contributed by atoms with E-state index in [2.05, 4.69) is 24.1 Å². The SMILES string of the molecule is CCN(CC)CCNC[C@H]1CCCOC1. The van der Waals surface area contributed by atoms with E-state index < -0.39 is 0 Å². The van der Waals surface area contributed by atoms with Gasteiger partial charge < -0.3 is 15.0 Å². The van der Waals surface area contributed by atoms with E-state index in [4.69, 9.17) is 4.74 Å². The number of hydrogen-bond acceptors (Lipinski definition) is 3. The summed E-state index contributed by atoms with van der Waals surface area (Å²) in [5.41, 5.74) is 0. The third kappa shape index (κ3) is 5.50. The Labute approximate surface area is 94.2 Å². The van der Waals surface area contributed by atoms with E-state index in [1.54, 1.807) is 0 Å². The predicted molar refractivity (Wildman–Crippen MR) is 64.2 cm³/mol. The summed E-state index contributed by atoms with van der Waals surface area (Å²) in [6.07, 6.45) is 2.57. The van der Waals surface area contributed by atoms with E-state index in [1.807, 2.05) is 0 Å². The molecule has 1 aliphatic rings. The minimum Gasteiger partial charge on any atom is -0.381 e. The minimum atomic E-state index is 0.746. The summed E-state index contributed by atoms with van der Waals surface area (Å²) in [7, 11) is 0. The molecule has 1 fully saturated rings. The first-order chi connectivity index (χ1) is 7.36. The second-order valence-electron chi connectivity index (χ2n) is 4.31. The molecule has 3 heteroatoms. The molecular formula is C12H26N2O. The molecule has 15 heavy (non-hydrogen) atoms. The van der Waals surface area contributed by atoms with Gasteiger partial charge in [-0.2, -0.15) is 0 Å². The summed E-state index contributed by atoms with van der Waals surface area (Å²) < 4.78 is 5.45. The van der Waals surface area contributed by atoms with Crippen LogP contribution in [0, 0.1) is 5.92 Å². The van der Waals surface area contributed by atoms with Gasteiger partial charge in [-0.25, -0.2) is 0 Å². The molecule has 1 N–H and O–H groups in total. The maximum atomic E-state index is 5.45. The van der Waals surface area contributed by atoms with Gasteiger partial charge in [-0.05, 0) is 31.8 Å². The van der Waals surface area contributed by atoms with Crippen molar-refractivity contribution >= 4 is 0 Å². The number of hydrogen-bond donors (Lipinski definition) is 1. The Morgan fingerprint density at radius 2 is 2.13 bits per heavy atom. The quantitative estimate of drug-likeness (QED) is 0.647. The zero-order valence-electron chi connectivity index (χ0n) is 10.3. The first-order valence-corrected chi connectivity index (χ1v) is 6.37. The Kier molecular flexibility index (Phi) is 6.98. The zero-order chi connectivity index (χ0) is 10.9. The van der Waals surface area contributed by atoms with E-state index >= 15 is 0 Å². The minimum absolute atomic E-state index is 0.746. The third-order valence-corrected chi connectivity index (χ3v) is 3.19. The highest BCUT2D eigenvalue weighted by atomic mass is 16.5. The lowest BCUT2D eigenvalue weighted by Gasteiger charge is -2.23. The Morgan fingerprint density at radius 3 is 2.73 bits per heavy atom. The molecule has 1 aliphatic heterocycles. The second kappa shape index (κ2) is 8.08. The Morgan fingerprint density at radius 1 is 1.33 bits per heavy atom. The maximum absolute atomic E-state index is 5.45. The number of ether oxygens (including phenoxy) is 1. The highest BCUT2D eigenvalue weighted by Gasteiger charge is 2.12. The van der Waals surface area contributed by atoms with Crippen molar-refractivity contribution in [1.82, 2.24) is 10.2 Å². The molecule has 1 heterocycles. The van der Waals surface area contributed by atoms with Crippen molar-refractivity contribution in [3.8, 4) is 0 Å². The van der Waals surface area contributed by atoms with Gasteiger partial charge in [0, 0.05) is 26.2 Å². The molecule has 3 nitrogen and oxygen atoms in total. The molecule has 90 valence electrons. The average molecular weight is 214 g/mol. The fraction of sp³-hybridized carbons (Fsp3) is 1.00. The number of nitrogens with zero attached hydrogens (tertiary/aromatic N) is 1. The Balaban J connectivity index is 1.95. The van der Waals surface area contributed by atoms with Gasteiger partial charge in [-0.15, -0.1) is 0 Å². The normalized spacial score (nSPS) is 22.2. The molecule has 0 aromatic carbocycles. The van der Waals surface area contributed by atoms with Crippen LogP contribution in [-0.2, 0) is 4.74 Å². The molecule has 0 radical (unpaired) electrons. The van der Waals surface area contributed by atoms with Crippen LogP contribution < -0.4 is 5.32 Å². The van der Waals surface area contributed by atoms with Crippen LogP contribution in [0.2, 0.25) is 0 Å². The topological polar surface area (TPSA) is 24.5 Å². The maximum Gasteiger partial charge on any atom is 0.0506 e. The van der Waals surface area contributed by atoms with Gasteiger partial charge in [0.1, 0.15) is 0 Å². The third-order valence-electron chi connectivity index (χ3n) is 3.19. The van der Waals surface area contributed by atoms with Crippen LogP contribution in [-0.4, -0.2) is 50.8 Å². The molecule has 0 bridgehead atoms. The van der Waals surface area contributed by atoms with Crippen molar-refractivity contribution in [2.45, 2.75) is 26.7 Å². The molecule has 0 aromatic rings. The zero-order valence-corrected chi connectivity index (χ0v) is 10.3. The molecule has 0 spiro atoms. The van der Waals surface area contributed by atoms with Crippen LogP contribution in [0.1, 0.15) is 26.7 Å². The monoisotopic (exact) mass is 214 g/mol. The lowest BCUT2D eigenvalue weighted by atomic mass is 10.0. The van der Waals surface area contributed by atoms with Gasteiger partial charge in [0.05, 0.1) is 6.61 Å². The van der Waals surface area contributed by atoms with E-state index in [-0.39, 0.29) is 0 Å². The molecule has 0 amide bonds. The largest absolute Gasteiger partial charge is 0.381 e. The van der Waals surface area contributed by atoms with Crippen molar-refractivity contribution in [2.24, 2.45) is 5.92 Å². The van der Waals surface area contributed by atoms with Crippen LogP contribution in [0.25, 0.3) is 0 Å². The number of likely N-dealkylation sites (N-methyl/N-ethyl adjacent to an activating group) is 1. The van der Waals surface area contributed by atoms with Gasteiger partial charge in [-0.3, -0.25) is 0 Å².